The fourth-order valence-electron chi connectivity index (χ4n) is 8.04. The van der Waals surface area contributed by atoms with Gasteiger partial charge in [0.05, 0.1) is 11.2 Å². The Labute approximate surface area is 370 Å². The summed E-state index contributed by atoms with van der Waals surface area (Å²) in [6.07, 6.45) is 21.5. The zero-order valence-electron chi connectivity index (χ0n) is 37.2. The van der Waals surface area contributed by atoms with Crippen molar-refractivity contribution < 1.29 is 9.76 Å². The first-order chi connectivity index (χ1) is 29.9. The summed E-state index contributed by atoms with van der Waals surface area (Å²) in [7, 11) is 0.387. The van der Waals surface area contributed by atoms with Crippen LogP contribution in [0.5, 0.6) is 0 Å². The van der Waals surface area contributed by atoms with Crippen LogP contribution in [0.15, 0.2) is 212 Å². The lowest BCUT2D eigenvalue weighted by Crippen LogP contribution is -2.49. The molecule has 6 aromatic rings. The molecule has 0 spiro atoms. The van der Waals surface area contributed by atoms with E-state index in [1.807, 2.05) is 27.7 Å². The molecule has 0 saturated carbocycles. The highest BCUT2D eigenvalue weighted by Gasteiger charge is 2.41. The van der Waals surface area contributed by atoms with Gasteiger partial charge in [0.1, 0.15) is 0 Å². The van der Waals surface area contributed by atoms with Crippen LogP contribution >= 0.6 is 0 Å². The van der Waals surface area contributed by atoms with Gasteiger partial charge in [-0.05, 0) is 140 Å². The van der Waals surface area contributed by atoms with Crippen LogP contribution in [-0.2, 0) is 10.1 Å². The number of aliphatic hydroxyl groups is 1. The molecule has 3 nitrogen and oxygen atoms in total. The van der Waals surface area contributed by atoms with Crippen LogP contribution in [0, 0.1) is 0 Å². The third-order valence-corrected chi connectivity index (χ3v) is 12.3. The molecular formula is C58H58BNO2. The van der Waals surface area contributed by atoms with Crippen LogP contribution in [0.1, 0.15) is 70.7 Å². The molecule has 310 valence electrons. The van der Waals surface area contributed by atoms with E-state index in [0.29, 0.717) is 7.48 Å². The highest BCUT2D eigenvalue weighted by Crippen LogP contribution is 2.50. The Hall–Kier alpha value is -6.46. The maximum Gasteiger partial charge on any atom is 0.310 e. The molecule has 0 saturated heterocycles. The van der Waals surface area contributed by atoms with E-state index in [-0.39, 0.29) is 0 Å². The average Bonchev–Trinajstić information content (AvgIpc) is 3.58. The lowest BCUT2D eigenvalue weighted by molar-refractivity contribution is -0.0893. The average molecular weight is 812 g/mol. The Morgan fingerprint density at radius 2 is 1.18 bits per heavy atom. The largest absolute Gasteiger partial charge is 0.427 e. The van der Waals surface area contributed by atoms with Gasteiger partial charge >= 0.3 is 7.48 Å². The van der Waals surface area contributed by atoms with Crippen LogP contribution in [0.25, 0.3) is 34.4 Å². The van der Waals surface area contributed by atoms with Crippen molar-refractivity contribution in [2.24, 2.45) is 0 Å². The van der Waals surface area contributed by atoms with Crippen molar-refractivity contribution in [1.82, 2.24) is 0 Å². The second kappa shape index (κ2) is 19.1. The number of nitrogens with zero attached hydrogens (tertiary/aromatic N) is 1. The first-order valence-corrected chi connectivity index (χ1v) is 21.7. The summed E-state index contributed by atoms with van der Waals surface area (Å²) in [4.78, 5) is 2.33. The van der Waals surface area contributed by atoms with Crippen LogP contribution in [-0.4, -0.2) is 23.8 Å². The lowest BCUT2D eigenvalue weighted by Gasteiger charge is -2.37. The molecule has 0 radical (unpaired) electrons. The van der Waals surface area contributed by atoms with Crippen molar-refractivity contribution >= 4 is 36.5 Å². The number of hydrogen-bond acceptors (Lipinski definition) is 3. The highest BCUT2D eigenvalue weighted by atomic mass is 16.5. The first-order valence-electron chi connectivity index (χ1n) is 21.7. The van der Waals surface area contributed by atoms with Crippen molar-refractivity contribution in [2.75, 3.05) is 4.90 Å². The van der Waals surface area contributed by atoms with E-state index in [9.17, 15) is 5.11 Å². The Morgan fingerprint density at radius 1 is 0.613 bits per heavy atom. The van der Waals surface area contributed by atoms with E-state index in [1.54, 1.807) is 13.8 Å². The van der Waals surface area contributed by atoms with Gasteiger partial charge in [-0.2, -0.15) is 0 Å². The Balaban J connectivity index is 1.32. The van der Waals surface area contributed by atoms with Gasteiger partial charge < -0.3 is 14.7 Å². The minimum absolute atomic E-state index is 0.387. The van der Waals surface area contributed by atoms with Crippen molar-refractivity contribution in [1.29, 1.82) is 0 Å². The minimum atomic E-state index is -1.00. The predicted molar refractivity (Wildman–Crippen MR) is 267 cm³/mol. The minimum Gasteiger partial charge on any atom is -0.427 e. The van der Waals surface area contributed by atoms with Crippen LogP contribution < -0.4 is 10.4 Å². The van der Waals surface area contributed by atoms with Crippen LogP contribution in [0.2, 0.25) is 0 Å². The zero-order valence-corrected chi connectivity index (χ0v) is 37.2. The summed E-state index contributed by atoms with van der Waals surface area (Å²) < 4.78 is 6.45. The number of hydrogen-bond donors (Lipinski definition) is 1. The first kappa shape index (κ1) is 43.6. The molecule has 0 bridgehead atoms. The maximum absolute atomic E-state index is 10.9. The summed E-state index contributed by atoms with van der Waals surface area (Å²) >= 11 is 0. The molecule has 0 fully saturated rings. The predicted octanol–water partition coefficient (Wildman–Crippen LogP) is 13.7. The third-order valence-electron chi connectivity index (χ3n) is 12.3. The van der Waals surface area contributed by atoms with E-state index in [1.165, 1.54) is 39.0 Å². The summed E-state index contributed by atoms with van der Waals surface area (Å²) in [5, 5.41) is 10.9. The number of anilines is 2. The molecule has 4 heteroatoms. The molecule has 1 aliphatic rings. The fourth-order valence-corrected chi connectivity index (χ4v) is 8.04. The standard InChI is InChI=1S/C58H58BNO2/c1-8-10-14-27-47-42-52-54(31-22-32-55(52)59-62-57(5,6)56(3,4)61)58(47,7)53-30-21-20-29-51(53)46-35-39-49(40-36-46)60(48-37-33-45(34-38-48)44-25-18-13-19-26-44)50(28-15-11-9-2)41-43-23-16-12-17-24-43/h8-42,59,61H,1-7H3/b10-8-,11-9-,27-14-,28-15-,50-41?. The van der Waals surface area contributed by atoms with E-state index in [0.717, 1.165) is 33.7 Å². The molecule has 7 rings (SSSR count). The van der Waals surface area contributed by atoms with Gasteiger partial charge in [-0.15, -0.1) is 0 Å². The second-order valence-corrected chi connectivity index (χ2v) is 17.1. The second-order valence-electron chi connectivity index (χ2n) is 17.1. The number of fused-ring (bicyclic) bond motifs is 1. The normalized spacial score (nSPS) is 15.8. The van der Waals surface area contributed by atoms with Gasteiger partial charge in [0.2, 0.25) is 0 Å². The molecule has 0 aromatic heterocycles. The molecule has 6 aromatic carbocycles. The third kappa shape index (κ3) is 9.38. The van der Waals surface area contributed by atoms with Gasteiger partial charge in [-0.3, -0.25) is 0 Å². The Kier molecular flexibility index (Phi) is 13.4. The summed E-state index contributed by atoms with van der Waals surface area (Å²) in [5.74, 6) is 0. The summed E-state index contributed by atoms with van der Waals surface area (Å²) in [6.45, 7) is 13.9. The molecule has 0 heterocycles. The van der Waals surface area contributed by atoms with E-state index >= 15 is 0 Å². The van der Waals surface area contributed by atoms with Crippen LogP contribution in [0.3, 0.4) is 0 Å². The molecule has 1 unspecified atom stereocenters. The Bertz CT molecular complexity index is 2640. The Morgan fingerprint density at radius 3 is 1.82 bits per heavy atom. The van der Waals surface area contributed by atoms with Crippen LogP contribution in [0.4, 0.5) is 11.4 Å². The molecule has 62 heavy (non-hydrogen) atoms. The SMILES string of the molecule is C/C=C\C=C/C(=Cc1ccccc1)N(c1ccc(-c2ccccc2)cc1)c1ccc(-c2ccccc2C2(C)C(/C=C\C=C/C)=Cc3c(BOC(C)(C)C(C)(C)O)cccc32)cc1. The molecule has 1 N–H and O–H groups in total. The number of allylic oxidation sites excluding steroid dienone is 9. The summed E-state index contributed by atoms with van der Waals surface area (Å²) in [6, 6.07) is 54.3. The summed E-state index contributed by atoms with van der Waals surface area (Å²) in [5.41, 5.74) is 12.7. The molecule has 0 amide bonds. The monoisotopic (exact) mass is 811 g/mol. The smallest absolute Gasteiger partial charge is 0.310 e. The van der Waals surface area contributed by atoms with Crippen molar-refractivity contribution in [3.63, 3.8) is 0 Å². The van der Waals surface area contributed by atoms with Gasteiger partial charge in [0, 0.05) is 22.5 Å². The lowest BCUT2D eigenvalue weighted by atomic mass is 9.69. The van der Waals surface area contributed by atoms with Crippen molar-refractivity contribution in [2.45, 2.75) is 65.1 Å². The maximum atomic E-state index is 10.9. The van der Waals surface area contributed by atoms with Gasteiger partial charge in [0.25, 0.3) is 0 Å². The van der Waals surface area contributed by atoms with E-state index in [2.05, 4.69) is 224 Å². The quantitative estimate of drug-likeness (QED) is 0.0828. The van der Waals surface area contributed by atoms with Gasteiger partial charge in [-0.25, -0.2) is 0 Å². The topological polar surface area (TPSA) is 32.7 Å². The van der Waals surface area contributed by atoms with Crippen molar-refractivity contribution in [3.8, 4) is 22.3 Å². The number of benzene rings is 6. The molecular weight excluding hydrogens is 753 g/mol. The van der Waals surface area contributed by atoms with Gasteiger partial charge in [-0.1, -0.05) is 176 Å². The fraction of sp³-hybridized carbons (Fsp3) is 0.172. The number of rotatable bonds is 15. The molecule has 1 aliphatic carbocycles. The molecule has 1 atom stereocenters. The highest BCUT2D eigenvalue weighted by molar-refractivity contribution is 6.48. The van der Waals surface area contributed by atoms with E-state index in [4.69, 9.17) is 4.65 Å². The molecule has 0 aliphatic heterocycles. The van der Waals surface area contributed by atoms with E-state index < -0.39 is 16.6 Å². The zero-order chi connectivity index (χ0) is 43.7. The van der Waals surface area contributed by atoms with Crippen molar-refractivity contribution in [3.05, 3.63) is 234 Å². The van der Waals surface area contributed by atoms with Gasteiger partial charge in [0.15, 0.2) is 0 Å².